The number of nitro groups is 1. The summed E-state index contributed by atoms with van der Waals surface area (Å²) < 4.78 is 0.815. The molecule has 0 fully saturated rings. The van der Waals surface area contributed by atoms with Crippen molar-refractivity contribution in [2.24, 2.45) is 0 Å². The largest absolute Gasteiger partial charge is 0.332 e. The van der Waals surface area contributed by atoms with Gasteiger partial charge in [-0.25, -0.2) is 0 Å². The monoisotopic (exact) mass is 427 g/mol. The molecule has 8 heteroatoms. The summed E-state index contributed by atoms with van der Waals surface area (Å²) in [5.74, 6) is -0.315. The lowest BCUT2D eigenvalue weighted by Crippen LogP contribution is -2.34. The highest BCUT2D eigenvalue weighted by Gasteiger charge is 2.11. The SMILES string of the molecule is O=C(NC(=S)Nc1ccc([N+](=O)[O-])cc1)c1ccccc1I. The number of amides is 1. The number of nitro benzene ring substituents is 1. The van der Waals surface area contributed by atoms with Crippen molar-refractivity contribution in [3.8, 4) is 0 Å². The van der Waals surface area contributed by atoms with Crippen molar-refractivity contribution >= 4 is 57.2 Å². The fourth-order valence-corrected chi connectivity index (χ4v) is 2.49. The van der Waals surface area contributed by atoms with Crippen LogP contribution in [0.4, 0.5) is 11.4 Å². The van der Waals surface area contributed by atoms with E-state index in [9.17, 15) is 14.9 Å². The second kappa shape index (κ2) is 7.27. The molecule has 2 aromatic rings. The molecule has 22 heavy (non-hydrogen) atoms. The van der Waals surface area contributed by atoms with E-state index in [0.29, 0.717) is 11.3 Å². The molecule has 2 aromatic carbocycles. The number of carbonyl (C=O) groups excluding carboxylic acids is 1. The maximum atomic E-state index is 12.1. The topological polar surface area (TPSA) is 84.3 Å². The molecule has 6 nitrogen and oxygen atoms in total. The van der Waals surface area contributed by atoms with Crippen LogP contribution in [0.3, 0.4) is 0 Å². The number of carbonyl (C=O) groups is 1. The number of benzene rings is 2. The summed E-state index contributed by atoms with van der Waals surface area (Å²) in [6.45, 7) is 0. The first-order valence-electron chi connectivity index (χ1n) is 6.08. The Kier molecular flexibility index (Phi) is 5.39. The summed E-state index contributed by atoms with van der Waals surface area (Å²) in [5.41, 5.74) is 1.06. The van der Waals surface area contributed by atoms with E-state index in [1.54, 1.807) is 12.1 Å². The highest BCUT2D eigenvalue weighted by molar-refractivity contribution is 14.1. The van der Waals surface area contributed by atoms with Crippen LogP contribution in [-0.2, 0) is 0 Å². The van der Waals surface area contributed by atoms with Crippen LogP contribution in [-0.4, -0.2) is 15.9 Å². The molecule has 0 bridgehead atoms. The molecule has 0 saturated carbocycles. The first-order chi connectivity index (χ1) is 10.5. The van der Waals surface area contributed by atoms with Crippen molar-refractivity contribution in [2.45, 2.75) is 0 Å². The van der Waals surface area contributed by atoms with Gasteiger partial charge < -0.3 is 5.32 Å². The lowest BCUT2D eigenvalue weighted by atomic mass is 10.2. The summed E-state index contributed by atoms with van der Waals surface area (Å²) in [6.07, 6.45) is 0. The second-order valence-electron chi connectivity index (χ2n) is 4.19. The van der Waals surface area contributed by atoms with Gasteiger partial charge in [0.05, 0.1) is 10.5 Å². The molecule has 0 unspecified atom stereocenters. The van der Waals surface area contributed by atoms with Crippen LogP contribution in [0.1, 0.15) is 10.4 Å². The summed E-state index contributed by atoms with van der Waals surface area (Å²) >= 11 is 7.13. The average Bonchev–Trinajstić information content (AvgIpc) is 2.48. The highest BCUT2D eigenvalue weighted by atomic mass is 127. The maximum absolute atomic E-state index is 12.1. The molecule has 112 valence electrons. The molecule has 0 saturated heterocycles. The van der Waals surface area contributed by atoms with Gasteiger partial charge in [0.2, 0.25) is 0 Å². The van der Waals surface area contributed by atoms with E-state index in [1.165, 1.54) is 24.3 Å². The Morgan fingerprint density at radius 3 is 2.36 bits per heavy atom. The van der Waals surface area contributed by atoms with Gasteiger partial charge in [-0.15, -0.1) is 0 Å². The lowest BCUT2D eigenvalue weighted by molar-refractivity contribution is -0.384. The van der Waals surface area contributed by atoms with Crippen molar-refractivity contribution in [1.82, 2.24) is 5.32 Å². The molecule has 0 aliphatic carbocycles. The molecule has 0 aromatic heterocycles. The summed E-state index contributed by atoms with van der Waals surface area (Å²) in [6, 6.07) is 12.9. The summed E-state index contributed by atoms with van der Waals surface area (Å²) in [5, 5.41) is 16.1. The third-order valence-corrected chi connectivity index (χ3v) is 3.83. The molecule has 2 N–H and O–H groups in total. The fourth-order valence-electron chi connectivity index (χ4n) is 1.64. The van der Waals surface area contributed by atoms with Crippen molar-refractivity contribution < 1.29 is 9.72 Å². The zero-order chi connectivity index (χ0) is 16.1. The quantitative estimate of drug-likeness (QED) is 0.340. The molecule has 1 amide bonds. The minimum atomic E-state index is -0.485. The Bertz CT molecular complexity index is 734. The highest BCUT2D eigenvalue weighted by Crippen LogP contribution is 2.15. The Hall–Kier alpha value is -2.07. The Morgan fingerprint density at radius 1 is 1.14 bits per heavy atom. The van der Waals surface area contributed by atoms with Gasteiger partial charge in [-0.05, 0) is 59.1 Å². The number of hydrogen-bond acceptors (Lipinski definition) is 4. The number of hydrogen-bond donors (Lipinski definition) is 2. The van der Waals surface area contributed by atoms with Gasteiger partial charge in [-0.1, -0.05) is 12.1 Å². The van der Waals surface area contributed by atoms with E-state index < -0.39 is 4.92 Å². The number of halogens is 1. The second-order valence-corrected chi connectivity index (χ2v) is 5.76. The normalized spacial score (nSPS) is 9.86. The van der Waals surface area contributed by atoms with Gasteiger partial charge in [-0.3, -0.25) is 20.2 Å². The van der Waals surface area contributed by atoms with Gasteiger partial charge in [0, 0.05) is 21.4 Å². The molecular formula is C14H10IN3O3S. The van der Waals surface area contributed by atoms with Crippen LogP contribution in [0, 0.1) is 13.7 Å². The van der Waals surface area contributed by atoms with Gasteiger partial charge in [0.15, 0.2) is 5.11 Å². The van der Waals surface area contributed by atoms with Gasteiger partial charge in [0.25, 0.3) is 11.6 Å². The van der Waals surface area contributed by atoms with Gasteiger partial charge >= 0.3 is 0 Å². The smallest absolute Gasteiger partial charge is 0.269 e. The van der Waals surface area contributed by atoms with Crippen LogP contribution < -0.4 is 10.6 Å². The molecule has 0 heterocycles. The van der Waals surface area contributed by atoms with Crippen molar-refractivity contribution in [3.05, 3.63) is 67.8 Å². The van der Waals surface area contributed by atoms with E-state index in [0.717, 1.165) is 3.57 Å². The number of anilines is 1. The first kappa shape index (κ1) is 16.3. The van der Waals surface area contributed by atoms with Gasteiger partial charge in [0.1, 0.15) is 0 Å². The molecule has 2 rings (SSSR count). The van der Waals surface area contributed by atoms with Crippen LogP contribution in [0.2, 0.25) is 0 Å². The van der Waals surface area contributed by atoms with E-state index in [1.807, 2.05) is 12.1 Å². The van der Waals surface area contributed by atoms with Gasteiger partial charge in [-0.2, -0.15) is 0 Å². The number of thiocarbonyl (C=S) groups is 1. The number of nitrogens with zero attached hydrogens (tertiary/aromatic N) is 1. The third-order valence-electron chi connectivity index (χ3n) is 2.68. The molecular weight excluding hydrogens is 417 g/mol. The maximum Gasteiger partial charge on any atom is 0.269 e. The predicted molar refractivity (Wildman–Crippen MR) is 95.9 cm³/mol. The summed E-state index contributed by atoms with van der Waals surface area (Å²) in [7, 11) is 0. The van der Waals surface area contributed by atoms with E-state index in [4.69, 9.17) is 12.2 Å². The van der Waals surface area contributed by atoms with E-state index >= 15 is 0 Å². The van der Waals surface area contributed by atoms with Crippen LogP contribution in [0.5, 0.6) is 0 Å². The first-order valence-corrected chi connectivity index (χ1v) is 7.57. The Morgan fingerprint density at radius 2 is 1.77 bits per heavy atom. The summed E-state index contributed by atoms with van der Waals surface area (Å²) in [4.78, 5) is 22.2. The molecule has 0 atom stereocenters. The molecule has 0 spiro atoms. The Labute approximate surface area is 145 Å². The van der Waals surface area contributed by atoms with Crippen molar-refractivity contribution in [2.75, 3.05) is 5.32 Å². The van der Waals surface area contributed by atoms with Crippen molar-refractivity contribution in [3.63, 3.8) is 0 Å². The van der Waals surface area contributed by atoms with E-state index in [2.05, 4.69) is 33.2 Å². The minimum Gasteiger partial charge on any atom is -0.332 e. The fraction of sp³-hybridized carbons (Fsp3) is 0. The zero-order valence-electron chi connectivity index (χ0n) is 11.1. The number of non-ortho nitro benzene ring substituents is 1. The zero-order valence-corrected chi connectivity index (χ0v) is 14.1. The average molecular weight is 427 g/mol. The Balaban J connectivity index is 1.99. The third kappa shape index (κ3) is 4.21. The van der Waals surface area contributed by atoms with Crippen LogP contribution in [0.25, 0.3) is 0 Å². The minimum absolute atomic E-state index is 0.0145. The van der Waals surface area contributed by atoms with Crippen LogP contribution in [0.15, 0.2) is 48.5 Å². The van der Waals surface area contributed by atoms with Crippen LogP contribution >= 0.6 is 34.8 Å². The lowest BCUT2D eigenvalue weighted by Gasteiger charge is -2.10. The number of nitrogens with one attached hydrogen (secondary N) is 2. The standard InChI is InChI=1S/C14H10IN3O3S/c15-12-4-2-1-3-11(12)13(19)17-14(22)16-9-5-7-10(8-6-9)18(20)21/h1-8H,(H2,16,17,19,22). The molecule has 0 aliphatic heterocycles. The molecule has 0 aliphatic rings. The predicted octanol–water partition coefficient (Wildman–Crippen LogP) is 3.33. The van der Waals surface area contributed by atoms with E-state index in [-0.39, 0.29) is 16.7 Å². The van der Waals surface area contributed by atoms with Crippen molar-refractivity contribution in [1.29, 1.82) is 0 Å². The molecule has 0 radical (unpaired) electrons. The number of rotatable bonds is 3.